The summed E-state index contributed by atoms with van der Waals surface area (Å²) >= 11 is 0. The van der Waals surface area contributed by atoms with Crippen molar-refractivity contribution in [1.82, 2.24) is 15.0 Å². The van der Waals surface area contributed by atoms with Gasteiger partial charge in [0.1, 0.15) is 6.10 Å². The topological polar surface area (TPSA) is 75.2 Å². The van der Waals surface area contributed by atoms with Gasteiger partial charge in [-0.3, -0.25) is 4.90 Å². The van der Waals surface area contributed by atoms with E-state index in [-0.39, 0.29) is 12.0 Å². The van der Waals surface area contributed by atoms with Gasteiger partial charge in [0, 0.05) is 19.5 Å². The summed E-state index contributed by atoms with van der Waals surface area (Å²) in [5.74, 6) is 0.998. The van der Waals surface area contributed by atoms with Gasteiger partial charge in [-0.2, -0.15) is 10.2 Å². The van der Waals surface area contributed by atoms with Gasteiger partial charge < -0.3 is 9.26 Å². The Labute approximate surface area is 113 Å². The summed E-state index contributed by atoms with van der Waals surface area (Å²) in [7, 11) is 0. The molecule has 1 aliphatic rings. The summed E-state index contributed by atoms with van der Waals surface area (Å²) in [6.45, 7) is 7.53. The van der Waals surface area contributed by atoms with Crippen molar-refractivity contribution < 1.29 is 9.26 Å². The van der Waals surface area contributed by atoms with Gasteiger partial charge in [-0.25, -0.2) is 0 Å². The van der Waals surface area contributed by atoms with Crippen molar-refractivity contribution in [3.63, 3.8) is 0 Å². The number of hydrogen-bond donors (Lipinski definition) is 0. The van der Waals surface area contributed by atoms with Crippen LogP contribution in [0.25, 0.3) is 0 Å². The van der Waals surface area contributed by atoms with Crippen LogP contribution in [0.4, 0.5) is 0 Å². The lowest BCUT2D eigenvalue weighted by molar-refractivity contribution is -0.0350. The Morgan fingerprint density at radius 3 is 3.16 bits per heavy atom. The van der Waals surface area contributed by atoms with Crippen LogP contribution in [0, 0.1) is 17.2 Å². The zero-order valence-corrected chi connectivity index (χ0v) is 11.5. The van der Waals surface area contributed by atoms with Crippen molar-refractivity contribution >= 4 is 0 Å². The summed E-state index contributed by atoms with van der Waals surface area (Å²) in [6.07, 6.45) is 1.51. The minimum absolute atomic E-state index is 0.114. The molecule has 0 aliphatic carbocycles. The Morgan fingerprint density at radius 1 is 1.58 bits per heavy atom. The molecule has 2 heterocycles. The first-order valence-electron chi connectivity index (χ1n) is 6.79. The monoisotopic (exact) mass is 264 g/mol. The smallest absolute Gasteiger partial charge is 0.228 e. The maximum atomic E-state index is 8.77. The molecule has 2 atom stereocenters. The molecule has 0 spiro atoms. The van der Waals surface area contributed by atoms with Crippen LogP contribution in [-0.2, 0) is 11.2 Å². The molecule has 2 rings (SSSR count). The fraction of sp³-hybridized carbons (Fsp3) is 0.769. The first kappa shape index (κ1) is 14.0. The highest BCUT2D eigenvalue weighted by atomic mass is 16.5. The van der Waals surface area contributed by atoms with Gasteiger partial charge in [0.05, 0.1) is 18.6 Å². The van der Waals surface area contributed by atoms with E-state index >= 15 is 0 Å². The summed E-state index contributed by atoms with van der Waals surface area (Å²) in [6, 6.07) is 2.16. The molecule has 0 amide bonds. The van der Waals surface area contributed by atoms with Crippen molar-refractivity contribution in [3.05, 3.63) is 11.7 Å². The molecule has 1 aromatic rings. The summed E-state index contributed by atoms with van der Waals surface area (Å²) < 4.78 is 10.9. The molecule has 0 bridgehead atoms. The zero-order chi connectivity index (χ0) is 13.7. The van der Waals surface area contributed by atoms with Crippen molar-refractivity contribution in [2.24, 2.45) is 5.92 Å². The maximum absolute atomic E-state index is 8.77. The second-order valence-corrected chi connectivity index (χ2v) is 4.94. The van der Waals surface area contributed by atoms with E-state index in [0.29, 0.717) is 24.7 Å². The van der Waals surface area contributed by atoms with Crippen molar-refractivity contribution in [2.45, 2.75) is 32.8 Å². The predicted octanol–water partition coefficient (Wildman–Crippen LogP) is 1.56. The highest BCUT2D eigenvalue weighted by Crippen LogP contribution is 2.20. The predicted molar refractivity (Wildman–Crippen MR) is 68.2 cm³/mol. The Bertz CT molecular complexity index is 438. The molecule has 0 aromatic carbocycles. The first-order chi connectivity index (χ1) is 9.22. The molecule has 1 aliphatic heterocycles. The van der Waals surface area contributed by atoms with Gasteiger partial charge in [-0.05, 0) is 19.9 Å². The zero-order valence-electron chi connectivity index (χ0n) is 11.5. The summed E-state index contributed by atoms with van der Waals surface area (Å²) in [4.78, 5) is 6.69. The van der Waals surface area contributed by atoms with Crippen LogP contribution >= 0.6 is 0 Å². The van der Waals surface area contributed by atoms with Gasteiger partial charge in [-0.1, -0.05) is 12.1 Å². The molecular formula is C13H20N4O2. The average molecular weight is 264 g/mol. The van der Waals surface area contributed by atoms with Gasteiger partial charge in [0.2, 0.25) is 11.7 Å². The molecular weight excluding hydrogens is 244 g/mol. The first-order valence-corrected chi connectivity index (χ1v) is 6.79. The summed E-state index contributed by atoms with van der Waals surface area (Å²) in [5.41, 5.74) is 0. The average Bonchev–Trinajstić information content (AvgIpc) is 2.88. The number of aromatic nitrogens is 2. The molecule has 6 heteroatoms. The van der Waals surface area contributed by atoms with Crippen LogP contribution in [0.2, 0.25) is 0 Å². The van der Waals surface area contributed by atoms with Crippen LogP contribution in [0.5, 0.6) is 0 Å². The number of hydrogen-bond acceptors (Lipinski definition) is 6. The summed E-state index contributed by atoms with van der Waals surface area (Å²) in [5, 5.41) is 12.7. The molecule has 104 valence electrons. The second kappa shape index (κ2) is 6.64. The largest absolute Gasteiger partial charge is 0.367 e. The Kier molecular flexibility index (Phi) is 4.88. The quantitative estimate of drug-likeness (QED) is 0.803. The highest BCUT2D eigenvalue weighted by Gasteiger charge is 2.25. The van der Waals surface area contributed by atoms with E-state index in [1.54, 1.807) is 0 Å². The third kappa shape index (κ3) is 3.75. The SMILES string of the molecule is CCCN1CCOC(c2noc(CC(C)C#N)n2)C1. The Balaban J connectivity index is 1.96. The molecule has 0 radical (unpaired) electrons. The van der Waals surface area contributed by atoms with Crippen LogP contribution in [0.3, 0.4) is 0 Å². The molecule has 0 N–H and O–H groups in total. The molecule has 1 aromatic heterocycles. The third-order valence-electron chi connectivity index (χ3n) is 3.16. The number of morpholine rings is 1. The van der Waals surface area contributed by atoms with Crippen molar-refractivity contribution in [3.8, 4) is 6.07 Å². The third-order valence-corrected chi connectivity index (χ3v) is 3.16. The lowest BCUT2D eigenvalue weighted by Gasteiger charge is -2.30. The second-order valence-electron chi connectivity index (χ2n) is 4.94. The van der Waals surface area contributed by atoms with E-state index in [2.05, 4.69) is 28.0 Å². The van der Waals surface area contributed by atoms with Crippen molar-refractivity contribution in [1.29, 1.82) is 5.26 Å². The minimum Gasteiger partial charge on any atom is -0.367 e. The van der Waals surface area contributed by atoms with Gasteiger partial charge in [-0.15, -0.1) is 0 Å². The molecule has 19 heavy (non-hydrogen) atoms. The van der Waals surface area contributed by atoms with E-state index in [4.69, 9.17) is 14.5 Å². The van der Waals surface area contributed by atoms with E-state index < -0.39 is 0 Å². The van der Waals surface area contributed by atoms with E-state index in [1.807, 2.05) is 6.92 Å². The Morgan fingerprint density at radius 2 is 2.42 bits per heavy atom. The fourth-order valence-corrected chi connectivity index (χ4v) is 2.17. The highest BCUT2D eigenvalue weighted by molar-refractivity contribution is 4.96. The lowest BCUT2D eigenvalue weighted by atomic mass is 10.1. The van der Waals surface area contributed by atoms with Gasteiger partial charge >= 0.3 is 0 Å². The lowest BCUT2D eigenvalue weighted by Crippen LogP contribution is -2.39. The number of ether oxygens (including phenoxy) is 1. The van der Waals surface area contributed by atoms with Crippen LogP contribution in [-0.4, -0.2) is 41.3 Å². The van der Waals surface area contributed by atoms with Crippen LogP contribution in [0.1, 0.15) is 38.1 Å². The standard InChI is InChI=1S/C13H20N4O2/c1-3-4-17-5-6-18-11(9-17)13-15-12(19-16-13)7-10(2)8-14/h10-11H,3-7,9H2,1-2H3. The van der Waals surface area contributed by atoms with E-state index in [1.165, 1.54) is 0 Å². The number of nitrogens with zero attached hydrogens (tertiary/aromatic N) is 4. The molecule has 2 unspecified atom stereocenters. The number of nitriles is 1. The minimum atomic E-state index is -0.116. The molecule has 6 nitrogen and oxygen atoms in total. The maximum Gasteiger partial charge on any atom is 0.228 e. The molecule has 1 fully saturated rings. The molecule has 0 saturated carbocycles. The normalized spacial score (nSPS) is 22.1. The van der Waals surface area contributed by atoms with Crippen molar-refractivity contribution in [2.75, 3.05) is 26.2 Å². The van der Waals surface area contributed by atoms with Crippen LogP contribution in [0.15, 0.2) is 4.52 Å². The Hall–Kier alpha value is -1.45. The molecule has 1 saturated heterocycles. The van der Waals surface area contributed by atoms with E-state index in [9.17, 15) is 0 Å². The van der Waals surface area contributed by atoms with Gasteiger partial charge in [0.25, 0.3) is 0 Å². The van der Waals surface area contributed by atoms with Gasteiger partial charge in [0.15, 0.2) is 0 Å². The number of rotatable bonds is 5. The fourth-order valence-electron chi connectivity index (χ4n) is 2.17. The van der Waals surface area contributed by atoms with Crippen LogP contribution < -0.4 is 0 Å². The van der Waals surface area contributed by atoms with E-state index in [0.717, 1.165) is 26.1 Å².